The lowest BCUT2D eigenvalue weighted by molar-refractivity contribution is -0.145. The number of anilines is 1. The molecule has 7 heteroatoms. The summed E-state index contributed by atoms with van der Waals surface area (Å²) in [4.78, 5) is 12.1. The first-order chi connectivity index (χ1) is 12.1. The molecule has 0 N–H and O–H groups in total. The SMILES string of the molecule is Cc1cccc(C)c1N(CC(=O)OC(C)C)S(=O)(=O)c1ccc(F)cc1. The molecule has 0 heterocycles. The van der Waals surface area contributed by atoms with Crippen molar-refractivity contribution >= 4 is 21.7 Å². The maximum Gasteiger partial charge on any atom is 0.327 e. The van der Waals surface area contributed by atoms with E-state index in [0.29, 0.717) is 16.8 Å². The zero-order chi connectivity index (χ0) is 19.5. The van der Waals surface area contributed by atoms with Gasteiger partial charge in [0.05, 0.1) is 16.7 Å². The standard InChI is InChI=1S/C19H22FNO4S/c1-13(2)25-18(22)12-21(19-14(3)6-5-7-15(19)4)26(23,24)17-10-8-16(20)9-11-17/h5-11,13H,12H2,1-4H3. The normalized spacial score (nSPS) is 11.5. The number of aryl methyl sites for hydroxylation is 2. The molecule has 0 atom stereocenters. The molecule has 0 aliphatic carbocycles. The van der Waals surface area contributed by atoms with Gasteiger partial charge in [-0.15, -0.1) is 0 Å². The van der Waals surface area contributed by atoms with Gasteiger partial charge in [-0.1, -0.05) is 18.2 Å². The van der Waals surface area contributed by atoms with Gasteiger partial charge in [0.2, 0.25) is 0 Å². The molecule has 0 aromatic heterocycles. The average Bonchev–Trinajstić information content (AvgIpc) is 2.53. The predicted octanol–water partition coefficient (Wildman–Crippen LogP) is 3.59. The van der Waals surface area contributed by atoms with E-state index in [1.807, 2.05) is 6.07 Å². The molecule has 0 saturated heterocycles. The molecule has 0 radical (unpaired) electrons. The van der Waals surface area contributed by atoms with Crippen LogP contribution in [0.1, 0.15) is 25.0 Å². The van der Waals surface area contributed by atoms with E-state index in [1.165, 1.54) is 12.1 Å². The fourth-order valence-corrected chi connectivity index (χ4v) is 4.17. The first-order valence-electron chi connectivity index (χ1n) is 8.17. The summed E-state index contributed by atoms with van der Waals surface area (Å²) in [7, 11) is -4.08. The number of carbonyl (C=O) groups is 1. The lowest BCUT2D eigenvalue weighted by Gasteiger charge is -2.27. The summed E-state index contributed by atoms with van der Waals surface area (Å²) >= 11 is 0. The fraction of sp³-hybridized carbons (Fsp3) is 0.316. The number of halogens is 1. The Kier molecular flexibility index (Phi) is 6.02. The summed E-state index contributed by atoms with van der Waals surface area (Å²) in [6, 6.07) is 9.85. The van der Waals surface area contributed by atoms with E-state index in [4.69, 9.17) is 4.74 Å². The summed E-state index contributed by atoms with van der Waals surface area (Å²) < 4.78 is 45.7. The molecular formula is C19H22FNO4S. The van der Waals surface area contributed by atoms with Gasteiger partial charge in [0.15, 0.2) is 0 Å². The zero-order valence-corrected chi connectivity index (χ0v) is 16.0. The average molecular weight is 379 g/mol. The molecule has 2 aromatic carbocycles. The van der Waals surface area contributed by atoms with Crippen LogP contribution in [-0.4, -0.2) is 27.0 Å². The summed E-state index contributed by atoms with van der Waals surface area (Å²) in [5, 5.41) is 0. The number of ether oxygens (including phenoxy) is 1. The van der Waals surface area contributed by atoms with Gasteiger partial charge in [0.25, 0.3) is 10.0 Å². The van der Waals surface area contributed by atoms with Crippen LogP contribution in [0.3, 0.4) is 0 Å². The number of para-hydroxylation sites is 1. The van der Waals surface area contributed by atoms with E-state index < -0.39 is 28.4 Å². The largest absolute Gasteiger partial charge is 0.462 e. The Bertz CT molecular complexity index is 872. The van der Waals surface area contributed by atoms with Gasteiger partial charge in [-0.2, -0.15) is 0 Å². The van der Waals surface area contributed by atoms with Crippen molar-refractivity contribution in [3.63, 3.8) is 0 Å². The highest BCUT2D eigenvalue weighted by atomic mass is 32.2. The molecule has 2 aromatic rings. The van der Waals surface area contributed by atoms with E-state index >= 15 is 0 Å². The minimum Gasteiger partial charge on any atom is -0.462 e. The van der Waals surface area contributed by atoms with Crippen molar-refractivity contribution in [2.24, 2.45) is 0 Å². The Morgan fingerprint density at radius 1 is 1.08 bits per heavy atom. The van der Waals surface area contributed by atoms with Crippen LogP contribution >= 0.6 is 0 Å². The van der Waals surface area contributed by atoms with Crippen LogP contribution in [0.2, 0.25) is 0 Å². The molecule has 2 rings (SSSR count). The molecule has 26 heavy (non-hydrogen) atoms. The van der Waals surface area contributed by atoms with Crippen LogP contribution in [0.15, 0.2) is 47.4 Å². The summed E-state index contributed by atoms with van der Waals surface area (Å²) in [5.74, 6) is -1.20. The number of rotatable bonds is 6. The van der Waals surface area contributed by atoms with Crippen LogP contribution in [0, 0.1) is 19.7 Å². The van der Waals surface area contributed by atoms with Crippen molar-refractivity contribution < 1.29 is 22.3 Å². The van der Waals surface area contributed by atoms with Crippen LogP contribution in [0.25, 0.3) is 0 Å². The Balaban J connectivity index is 2.56. The van der Waals surface area contributed by atoms with Crippen molar-refractivity contribution in [2.45, 2.75) is 38.7 Å². The second-order valence-electron chi connectivity index (χ2n) is 6.24. The zero-order valence-electron chi connectivity index (χ0n) is 15.2. The molecule has 140 valence electrons. The van der Waals surface area contributed by atoms with Crippen molar-refractivity contribution in [3.05, 3.63) is 59.4 Å². The quantitative estimate of drug-likeness (QED) is 0.720. The van der Waals surface area contributed by atoms with Crippen LogP contribution in [-0.2, 0) is 19.6 Å². The monoisotopic (exact) mass is 379 g/mol. The summed E-state index contributed by atoms with van der Waals surface area (Å²) in [6.07, 6.45) is -0.365. The number of sulfonamides is 1. The van der Waals surface area contributed by atoms with E-state index in [9.17, 15) is 17.6 Å². The maximum atomic E-state index is 13.2. The first kappa shape index (κ1) is 19.9. The minimum absolute atomic E-state index is 0.0982. The van der Waals surface area contributed by atoms with Crippen molar-refractivity contribution in [2.75, 3.05) is 10.8 Å². The predicted molar refractivity (Wildman–Crippen MR) is 98.1 cm³/mol. The number of benzene rings is 2. The smallest absolute Gasteiger partial charge is 0.327 e. The number of hydrogen-bond acceptors (Lipinski definition) is 4. The Hall–Kier alpha value is -2.41. The number of nitrogens with zero attached hydrogens (tertiary/aromatic N) is 1. The van der Waals surface area contributed by atoms with Crippen molar-refractivity contribution in [1.29, 1.82) is 0 Å². The topological polar surface area (TPSA) is 63.7 Å². The highest BCUT2D eigenvalue weighted by Gasteiger charge is 2.30. The third-order valence-corrected chi connectivity index (χ3v) is 5.49. The lowest BCUT2D eigenvalue weighted by atomic mass is 10.1. The molecule has 0 unspecified atom stereocenters. The number of hydrogen-bond donors (Lipinski definition) is 0. The molecule has 0 aliphatic heterocycles. The Labute approximate surface area is 153 Å². The third kappa shape index (κ3) is 4.40. The first-order valence-corrected chi connectivity index (χ1v) is 9.61. The summed E-state index contributed by atoms with van der Waals surface area (Å²) in [6.45, 7) is 6.45. The van der Waals surface area contributed by atoms with Crippen LogP contribution < -0.4 is 4.31 Å². The third-order valence-electron chi connectivity index (χ3n) is 3.73. The van der Waals surface area contributed by atoms with E-state index in [2.05, 4.69) is 0 Å². The molecule has 0 saturated carbocycles. The minimum atomic E-state index is -4.08. The van der Waals surface area contributed by atoms with Gasteiger partial charge in [0, 0.05) is 0 Å². The summed E-state index contributed by atoms with van der Waals surface area (Å²) in [5.41, 5.74) is 1.82. The lowest BCUT2D eigenvalue weighted by Crippen LogP contribution is -2.38. The van der Waals surface area contributed by atoms with Gasteiger partial charge in [-0.3, -0.25) is 9.10 Å². The van der Waals surface area contributed by atoms with E-state index in [1.54, 1.807) is 39.8 Å². The highest BCUT2D eigenvalue weighted by Crippen LogP contribution is 2.30. The maximum absolute atomic E-state index is 13.2. The molecule has 0 spiro atoms. The van der Waals surface area contributed by atoms with Gasteiger partial charge < -0.3 is 4.74 Å². The van der Waals surface area contributed by atoms with Gasteiger partial charge in [0.1, 0.15) is 12.4 Å². The second-order valence-corrected chi connectivity index (χ2v) is 8.11. The van der Waals surface area contributed by atoms with E-state index in [-0.39, 0.29) is 11.0 Å². The van der Waals surface area contributed by atoms with Crippen molar-refractivity contribution in [1.82, 2.24) is 0 Å². The Morgan fingerprint density at radius 3 is 2.12 bits per heavy atom. The Morgan fingerprint density at radius 2 is 1.62 bits per heavy atom. The highest BCUT2D eigenvalue weighted by molar-refractivity contribution is 7.92. The van der Waals surface area contributed by atoms with Gasteiger partial charge in [-0.05, 0) is 63.1 Å². The number of esters is 1. The molecule has 0 bridgehead atoms. The van der Waals surface area contributed by atoms with Crippen molar-refractivity contribution in [3.8, 4) is 0 Å². The van der Waals surface area contributed by atoms with E-state index in [0.717, 1.165) is 16.4 Å². The number of carbonyl (C=O) groups excluding carboxylic acids is 1. The molecule has 0 aliphatic rings. The van der Waals surface area contributed by atoms with Gasteiger partial charge >= 0.3 is 5.97 Å². The molecule has 5 nitrogen and oxygen atoms in total. The molecule has 0 fully saturated rings. The van der Waals surface area contributed by atoms with Crippen LogP contribution in [0.4, 0.5) is 10.1 Å². The molecule has 0 amide bonds. The van der Waals surface area contributed by atoms with Crippen LogP contribution in [0.5, 0.6) is 0 Å². The second kappa shape index (κ2) is 7.86. The fourth-order valence-electron chi connectivity index (χ4n) is 2.63. The van der Waals surface area contributed by atoms with Gasteiger partial charge in [-0.25, -0.2) is 12.8 Å². The molecular weight excluding hydrogens is 357 g/mol.